The number of nitrogens with one attached hydrogen (secondary N) is 1. The molecule has 55 valence electrons. The summed E-state index contributed by atoms with van der Waals surface area (Å²) in [7, 11) is 0. The molecular weight excluding hydrogens is 148 g/mol. The van der Waals surface area contributed by atoms with Crippen LogP contribution in [0.1, 0.15) is 10.5 Å². The lowest BCUT2D eigenvalue weighted by molar-refractivity contribution is 0.0967. The zero-order chi connectivity index (χ0) is 7.84. The van der Waals surface area contributed by atoms with E-state index in [4.69, 9.17) is 5.73 Å². The highest BCUT2D eigenvalue weighted by atomic mass is 16.2. The van der Waals surface area contributed by atoms with Gasteiger partial charge >= 0.3 is 5.91 Å². The van der Waals surface area contributed by atoms with E-state index in [0.29, 0.717) is 0 Å². The number of carbonyl (C=O) groups is 1. The lowest BCUT2D eigenvalue weighted by Crippen LogP contribution is -2.32. The van der Waals surface area contributed by atoms with Crippen LogP contribution >= 0.6 is 0 Å². The monoisotopic (exact) mass is 151 g/mol. The van der Waals surface area contributed by atoms with Crippen LogP contribution in [0.4, 0.5) is 5.82 Å². The molecule has 1 amide bonds. The second-order valence-corrected chi connectivity index (χ2v) is 1.90. The number of aromatic amines is 1. The number of rotatable bonds is 0. The molecule has 0 atom stereocenters. The zero-order valence-corrected chi connectivity index (χ0v) is 5.27. The molecule has 0 unspecified atom stereocenters. The van der Waals surface area contributed by atoms with Crippen molar-refractivity contribution in [3.05, 3.63) is 5.69 Å². The number of H-pyrrole nitrogens is 1. The van der Waals surface area contributed by atoms with Gasteiger partial charge in [-0.3, -0.25) is 4.79 Å². The van der Waals surface area contributed by atoms with E-state index in [1.54, 1.807) is 0 Å². The Labute approximate surface area is 60.7 Å². The molecule has 3 N–H and O–H groups in total. The number of guanidine groups is 1. The Hall–Kier alpha value is -1.92. The Kier molecular flexibility index (Phi) is 0.945. The molecule has 2 heterocycles. The van der Waals surface area contributed by atoms with Gasteiger partial charge in [0.25, 0.3) is 0 Å². The quantitative estimate of drug-likeness (QED) is 0.470. The van der Waals surface area contributed by atoms with Crippen LogP contribution in [0.3, 0.4) is 0 Å². The summed E-state index contributed by atoms with van der Waals surface area (Å²) in [4.78, 5) is 14.6. The molecule has 7 nitrogen and oxygen atoms in total. The number of hydrogen-bond acceptors (Lipinski definition) is 5. The molecule has 0 aromatic carbocycles. The van der Waals surface area contributed by atoms with E-state index in [9.17, 15) is 4.79 Å². The summed E-state index contributed by atoms with van der Waals surface area (Å²) in [6, 6.07) is 0. The predicted octanol–water partition coefficient (Wildman–Crippen LogP) is -1.49. The number of amides is 1. The fourth-order valence-electron chi connectivity index (χ4n) is 0.741. The van der Waals surface area contributed by atoms with E-state index in [1.807, 2.05) is 0 Å². The van der Waals surface area contributed by atoms with Crippen LogP contribution in [-0.4, -0.2) is 27.3 Å². The highest BCUT2D eigenvalue weighted by molar-refractivity contribution is 6.09. The summed E-state index contributed by atoms with van der Waals surface area (Å²) in [6.45, 7) is 0. The van der Waals surface area contributed by atoms with E-state index in [1.165, 1.54) is 0 Å². The standard InChI is InChI=1S/C4H3N6O/c5-4-6-2-1(3(11)7-4)8-10-9-2/h(H3,5,6,8,9,10). The number of aliphatic imine (C=N–C) groups is 1. The van der Waals surface area contributed by atoms with Gasteiger partial charge in [0.1, 0.15) is 0 Å². The van der Waals surface area contributed by atoms with Crippen molar-refractivity contribution >= 4 is 17.7 Å². The van der Waals surface area contributed by atoms with Crippen molar-refractivity contribution in [3.63, 3.8) is 0 Å². The SMILES string of the molecule is NC1=Nc2[nH]nnc2C(=O)[N]1. The predicted molar refractivity (Wildman–Crippen MR) is 34.1 cm³/mol. The first-order valence-electron chi connectivity index (χ1n) is 2.78. The van der Waals surface area contributed by atoms with Gasteiger partial charge in [0.15, 0.2) is 11.5 Å². The zero-order valence-electron chi connectivity index (χ0n) is 5.27. The molecule has 0 spiro atoms. The van der Waals surface area contributed by atoms with Gasteiger partial charge in [0, 0.05) is 0 Å². The third kappa shape index (κ3) is 0.741. The molecule has 0 saturated heterocycles. The van der Waals surface area contributed by atoms with E-state index in [0.717, 1.165) is 0 Å². The molecule has 1 radical (unpaired) electrons. The minimum Gasteiger partial charge on any atom is -0.368 e. The second kappa shape index (κ2) is 1.78. The summed E-state index contributed by atoms with van der Waals surface area (Å²) in [5.41, 5.74) is 5.30. The average molecular weight is 151 g/mol. The first-order chi connectivity index (χ1) is 5.27. The van der Waals surface area contributed by atoms with E-state index >= 15 is 0 Å². The topological polar surface area (TPSA) is 111 Å². The molecular formula is C4H3N6O. The fourth-order valence-corrected chi connectivity index (χ4v) is 0.741. The molecule has 0 fully saturated rings. The lowest BCUT2D eigenvalue weighted by atomic mass is 10.4. The normalized spacial score (nSPS) is 15.3. The number of nitrogens with two attached hydrogens (primary N) is 1. The van der Waals surface area contributed by atoms with Gasteiger partial charge in [-0.1, -0.05) is 5.21 Å². The largest absolute Gasteiger partial charge is 0.368 e. The Balaban J connectivity index is 2.60. The fraction of sp³-hybridized carbons (Fsp3) is 0. The maximum absolute atomic E-state index is 10.9. The van der Waals surface area contributed by atoms with Crippen LogP contribution in [0.5, 0.6) is 0 Å². The molecule has 0 aliphatic carbocycles. The Morgan fingerprint density at radius 3 is 3.09 bits per heavy atom. The number of fused-ring (bicyclic) bond motifs is 1. The molecule has 1 aliphatic heterocycles. The third-order valence-electron chi connectivity index (χ3n) is 1.18. The van der Waals surface area contributed by atoms with Crippen molar-refractivity contribution in [2.75, 3.05) is 0 Å². The molecule has 1 aliphatic rings. The van der Waals surface area contributed by atoms with Gasteiger partial charge in [-0.25, -0.2) is 5.10 Å². The third-order valence-corrected chi connectivity index (χ3v) is 1.18. The van der Waals surface area contributed by atoms with Crippen LogP contribution in [0, 0.1) is 0 Å². The van der Waals surface area contributed by atoms with Crippen molar-refractivity contribution in [1.82, 2.24) is 20.7 Å². The van der Waals surface area contributed by atoms with Gasteiger partial charge in [-0.2, -0.15) is 10.3 Å². The minimum absolute atomic E-state index is 0.0754. The minimum atomic E-state index is -0.513. The van der Waals surface area contributed by atoms with Crippen LogP contribution < -0.4 is 11.1 Å². The Morgan fingerprint density at radius 1 is 1.45 bits per heavy atom. The van der Waals surface area contributed by atoms with Crippen molar-refractivity contribution in [2.24, 2.45) is 10.7 Å². The summed E-state index contributed by atoms with van der Waals surface area (Å²) in [5, 5.41) is 12.6. The van der Waals surface area contributed by atoms with Gasteiger partial charge in [-0.05, 0) is 0 Å². The van der Waals surface area contributed by atoms with Gasteiger partial charge < -0.3 is 5.73 Å². The second-order valence-electron chi connectivity index (χ2n) is 1.90. The summed E-state index contributed by atoms with van der Waals surface area (Å²) >= 11 is 0. The number of hydrogen-bond donors (Lipinski definition) is 2. The van der Waals surface area contributed by atoms with E-state index in [-0.39, 0.29) is 17.5 Å². The summed E-state index contributed by atoms with van der Waals surface area (Å²) < 4.78 is 0. The van der Waals surface area contributed by atoms with Crippen LogP contribution in [-0.2, 0) is 0 Å². The van der Waals surface area contributed by atoms with Crippen molar-refractivity contribution in [1.29, 1.82) is 0 Å². The molecule has 2 rings (SSSR count). The maximum atomic E-state index is 10.9. The number of aromatic nitrogens is 3. The first-order valence-corrected chi connectivity index (χ1v) is 2.78. The highest BCUT2D eigenvalue weighted by Gasteiger charge is 2.22. The van der Waals surface area contributed by atoms with Gasteiger partial charge in [-0.15, -0.1) is 5.10 Å². The Morgan fingerprint density at radius 2 is 2.27 bits per heavy atom. The van der Waals surface area contributed by atoms with E-state index < -0.39 is 5.91 Å². The summed E-state index contributed by atoms with van der Waals surface area (Å²) in [5.74, 6) is -0.322. The Bertz CT molecular complexity index is 338. The van der Waals surface area contributed by atoms with Crippen LogP contribution in [0.2, 0.25) is 0 Å². The first kappa shape index (κ1) is 5.83. The lowest BCUT2D eigenvalue weighted by Gasteiger charge is -2.02. The molecule has 7 heteroatoms. The molecule has 0 saturated carbocycles. The van der Waals surface area contributed by atoms with Gasteiger partial charge in [0.05, 0.1) is 0 Å². The van der Waals surface area contributed by atoms with Gasteiger partial charge in [0.2, 0.25) is 5.96 Å². The molecule has 1 aromatic heterocycles. The van der Waals surface area contributed by atoms with Crippen LogP contribution in [0.25, 0.3) is 0 Å². The molecule has 0 bridgehead atoms. The van der Waals surface area contributed by atoms with Crippen molar-refractivity contribution in [2.45, 2.75) is 0 Å². The average Bonchev–Trinajstić information content (AvgIpc) is 2.34. The number of nitrogens with zero attached hydrogens (tertiary/aromatic N) is 4. The maximum Gasteiger partial charge on any atom is 0.304 e. The smallest absolute Gasteiger partial charge is 0.304 e. The number of carbonyl (C=O) groups excluding carboxylic acids is 1. The van der Waals surface area contributed by atoms with E-state index in [2.05, 4.69) is 25.7 Å². The molecule has 1 aromatic rings. The van der Waals surface area contributed by atoms with Crippen molar-refractivity contribution in [3.8, 4) is 0 Å². The van der Waals surface area contributed by atoms with Crippen LogP contribution in [0.15, 0.2) is 4.99 Å². The summed E-state index contributed by atoms with van der Waals surface area (Å²) in [6.07, 6.45) is 0. The highest BCUT2D eigenvalue weighted by Crippen LogP contribution is 2.14. The van der Waals surface area contributed by atoms with Crippen molar-refractivity contribution < 1.29 is 4.79 Å². The molecule has 11 heavy (non-hydrogen) atoms.